The second-order valence-corrected chi connectivity index (χ2v) is 6.73. The van der Waals surface area contributed by atoms with E-state index in [-0.39, 0.29) is 25.4 Å². The SMILES string of the molecule is CCc1ccc(N2C[C@@H](C(=O)O[C@H](C)C(=O)N3CCNC3=O)CC2=O)cc1. The van der Waals surface area contributed by atoms with E-state index >= 15 is 0 Å². The highest BCUT2D eigenvalue weighted by Crippen LogP contribution is 2.26. The van der Waals surface area contributed by atoms with Crippen molar-refractivity contribution in [1.82, 2.24) is 10.2 Å². The molecule has 0 aromatic heterocycles. The zero-order chi connectivity index (χ0) is 19.6. The summed E-state index contributed by atoms with van der Waals surface area (Å²) < 4.78 is 5.24. The first-order valence-electron chi connectivity index (χ1n) is 9.09. The lowest BCUT2D eigenvalue weighted by molar-refractivity contribution is -0.160. The molecule has 0 spiro atoms. The number of ether oxygens (including phenoxy) is 1. The number of amides is 4. The number of hydrogen-bond acceptors (Lipinski definition) is 5. The Morgan fingerprint density at radius 1 is 1.26 bits per heavy atom. The molecule has 2 aliphatic rings. The van der Waals surface area contributed by atoms with E-state index in [9.17, 15) is 19.2 Å². The number of carbonyl (C=O) groups is 4. The van der Waals surface area contributed by atoms with Gasteiger partial charge in [-0.2, -0.15) is 0 Å². The molecule has 2 heterocycles. The first-order valence-corrected chi connectivity index (χ1v) is 9.09. The van der Waals surface area contributed by atoms with Crippen LogP contribution in [-0.2, 0) is 25.5 Å². The quantitative estimate of drug-likeness (QED) is 0.780. The number of benzene rings is 1. The molecule has 2 fully saturated rings. The molecule has 3 rings (SSSR count). The van der Waals surface area contributed by atoms with E-state index in [2.05, 4.69) is 12.2 Å². The van der Waals surface area contributed by atoms with Gasteiger partial charge in [-0.1, -0.05) is 19.1 Å². The van der Waals surface area contributed by atoms with Gasteiger partial charge in [0.25, 0.3) is 5.91 Å². The lowest BCUT2D eigenvalue weighted by Gasteiger charge is -2.20. The van der Waals surface area contributed by atoms with E-state index in [1.165, 1.54) is 12.5 Å². The number of anilines is 1. The molecule has 27 heavy (non-hydrogen) atoms. The van der Waals surface area contributed by atoms with Crippen molar-refractivity contribution >= 4 is 29.5 Å². The summed E-state index contributed by atoms with van der Waals surface area (Å²) in [6.07, 6.45) is -0.127. The molecule has 8 nitrogen and oxygen atoms in total. The van der Waals surface area contributed by atoms with Crippen LogP contribution in [0.2, 0.25) is 0 Å². The number of esters is 1. The molecule has 144 valence electrons. The smallest absolute Gasteiger partial charge is 0.324 e. The van der Waals surface area contributed by atoms with Crippen molar-refractivity contribution in [3.05, 3.63) is 29.8 Å². The second kappa shape index (κ2) is 7.77. The highest BCUT2D eigenvalue weighted by Gasteiger charge is 2.38. The molecule has 8 heteroatoms. The van der Waals surface area contributed by atoms with Gasteiger partial charge in [-0.3, -0.25) is 19.3 Å². The van der Waals surface area contributed by atoms with Crippen LogP contribution in [0.25, 0.3) is 0 Å². The number of urea groups is 1. The van der Waals surface area contributed by atoms with Gasteiger partial charge in [0.05, 0.1) is 5.92 Å². The Bertz CT molecular complexity index is 761. The van der Waals surface area contributed by atoms with Gasteiger partial charge in [-0.15, -0.1) is 0 Å². The number of rotatable bonds is 5. The zero-order valence-electron chi connectivity index (χ0n) is 15.4. The Morgan fingerprint density at radius 3 is 2.56 bits per heavy atom. The normalized spacial score (nSPS) is 20.6. The summed E-state index contributed by atoms with van der Waals surface area (Å²) in [5, 5.41) is 2.53. The Morgan fingerprint density at radius 2 is 1.96 bits per heavy atom. The maximum atomic E-state index is 12.4. The molecule has 1 aromatic rings. The van der Waals surface area contributed by atoms with E-state index in [0.29, 0.717) is 6.54 Å². The van der Waals surface area contributed by atoms with Crippen molar-refractivity contribution < 1.29 is 23.9 Å². The van der Waals surface area contributed by atoms with Crippen LogP contribution >= 0.6 is 0 Å². The maximum absolute atomic E-state index is 12.4. The van der Waals surface area contributed by atoms with Crippen molar-refractivity contribution in [3.8, 4) is 0 Å². The number of aryl methyl sites for hydroxylation is 1. The van der Waals surface area contributed by atoms with Crippen molar-refractivity contribution in [1.29, 1.82) is 0 Å². The molecule has 2 aliphatic heterocycles. The van der Waals surface area contributed by atoms with Gasteiger partial charge in [0, 0.05) is 31.7 Å². The second-order valence-electron chi connectivity index (χ2n) is 6.73. The Kier molecular flexibility index (Phi) is 5.43. The molecule has 2 saturated heterocycles. The summed E-state index contributed by atoms with van der Waals surface area (Å²) >= 11 is 0. The molecule has 0 radical (unpaired) electrons. The van der Waals surface area contributed by atoms with Gasteiger partial charge in [-0.05, 0) is 31.0 Å². The van der Waals surface area contributed by atoms with Crippen LogP contribution in [0.4, 0.5) is 10.5 Å². The average Bonchev–Trinajstić information content (AvgIpc) is 3.26. The van der Waals surface area contributed by atoms with Gasteiger partial charge in [0.15, 0.2) is 6.10 Å². The molecule has 0 saturated carbocycles. The third kappa shape index (κ3) is 3.94. The maximum Gasteiger partial charge on any atom is 0.324 e. The molecular weight excluding hydrogens is 350 g/mol. The molecule has 4 amide bonds. The summed E-state index contributed by atoms with van der Waals surface area (Å²) in [4.78, 5) is 51.1. The first-order chi connectivity index (χ1) is 12.9. The van der Waals surface area contributed by atoms with Gasteiger partial charge < -0.3 is 15.0 Å². The summed E-state index contributed by atoms with van der Waals surface area (Å²) in [6.45, 7) is 4.34. The van der Waals surface area contributed by atoms with Crippen LogP contribution in [0.15, 0.2) is 24.3 Å². The van der Waals surface area contributed by atoms with Crippen LogP contribution in [0.5, 0.6) is 0 Å². The lowest BCUT2D eigenvalue weighted by atomic mass is 10.1. The lowest BCUT2D eigenvalue weighted by Crippen LogP contribution is -2.42. The molecule has 2 atom stereocenters. The van der Waals surface area contributed by atoms with Gasteiger partial charge in [0.1, 0.15) is 0 Å². The number of imide groups is 1. The summed E-state index contributed by atoms with van der Waals surface area (Å²) in [6, 6.07) is 7.15. The van der Waals surface area contributed by atoms with Crippen molar-refractivity contribution in [3.63, 3.8) is 0 Å². The third-order valence-corrected chi connectivity index (χ3v) is 4.88. The molecule has 0 bridgehead atoms. The predicted octanol–water partition coefficient (Wildman–Crippen LogP) is 1.09. The van der Waals surface area contributed by atoms with E-state index in [1.54, 1.807) is 4.90 Å². The average molecular weight is 373 g/mol. The first kappa shape index (κ1) is 18.9. The Hall–Kier alpha value is -2.90. The van der Waals surface area contributed by atoms with E-state index in [4.69, 9.17) is 4.74 Å². The minimum Gasteiger partial charge on any atom is -0.452 e. The van der Waals surface area contributed by atoms with E-state index in [0.717, 1.165) is 17.0 Å². The number of nitrogens with one attached hydrogen (secondary N) is 1. The summed E-state index contributed by atoms with van der Waals surface area (Å²) in [5.41, 5.74) is 1.91. The number of hydrogen-bond donors (Lipinski definition) is 1. The number of carbonyl (C=O) groups excluding carboxylic acids is 4. The highest BCUT2D eigenvalue weighted by atomic mass is 16.5. The predicted molar refractivity (Wildman–Crippen MR) is 96.9 cm³/mol. The van der Waals surface area contributed by atoms with Gasteiger partial charge >= 0.3 is 12.0 Å². The minimum absolute atomic E-state index is 0.0411. The monoisotopic (exact) mass is 373 g/mol. The van der Waals surface area contributed by atoms with Gasteiger partial charge in [-0.25, -0.2) is 4.79 Å². The van der Waals surface area contributed by atoms with Crippen LogP contribution in [0.3, 0.4) is 0 Å². The molecule has 1 N–H and O–H groups in total. The molecular formula is C19H23N3O5. The fraction of sp³-hybridized carbons (Fsp3) is 0.474. The summed E-state index contributed by atoms with van der Waals surface area (Å²) in [7, 11) is 0. The fourth-order valence-corrected chi connectivity index (χ4v) is 3.25. The van der Waals surface area contributed by atoms with Crippen LogP contribution in [0, 0.1) is 5.92 Å². The molecule has 0 aliphatic carbocycles. The zero-order valence-corrected chi connectivity index (χ0v) is 15.4. The standard InChI is InChI=1S/C19H23N3O5/c1-3-13-4-6-15(7-5-13)22-11-14(10-16(22)23)18(25)27-12(2)17(24)21-9-8-20-19(21)26/h4-7,12,14H,3,8-11H2,1-2H3,(H,20,26)/t12-,14+/m1/s1. The third-order valence-electron chi connectivity index (χ3n) is 4.88. The van der Waals surface area contributed by atoms with Crippen LogP contribution in [0.1, 0.15) is 25.8 Å². The van der Waals surface area contributed by atoms with Crippen LogP contribution < -0.4 is 10.2 Å². The van der Waals surface area contributed by atoms with Crippen molar-refractivity contribution in [2.75, 3.05) is 24.5 Å². The summed E-state index contributed by atoms with van der Waals surface area (Å²) in [5.74, 6) is -1.95. The van der Waals surface area contributed by atoms with Crippen molar-refractivity contribution in [2.24, 2.45) is 5.92 Å². The Labute approximate surface area is 157 Å². The van der Waals surface area contributed by atoms with Crippen LogP contribution in [-0.4, -0.2) is 54.5 Å². The minimum atomic E-state index is -1.07. The van der Waals surface area contributed by atoms with E-state index < -0.39 is 29.9 Å². The topological polar surface area (TPSA) is 96.0 Å². The highest BCUT2D eigenvalue weighted by molar-refractivity contribution is 6.01. The Balaban J connectivity index is 1.59. The number of nitrogens with zero attached hydrogens (tertiary/aromatic N) is 2. The molecule has 1 aromatic carbocycles. The van der Waals surface area contributed by atoms with E-state index in [1.807, 2.05) is 24.3 Å². The van der Waals surface area contributed by atoms with Gasteiger partial charge in [0.2, 0.25) is 5.91 Å². The molecule has 0 unspecified atom stereocenters. The fourth-order valence-electron chi connectivity index (χ4n) is 3.25. The largest absolute Gasteiger partial charge is 0.452 e. The van der Waals surface area contributed by atoms with Crippen molar-refractivity contribution in [2.45, 2.75) is 32.8 Å².